The first-order valence-corrected chi connectivity index (χ1v) is 9.13. The Balaban J connectivity index is 1.51. The molecular formula is C19H28N2O3. The first-order valence-electron chi connectivity index (χ1n) is 9.13. The van der Waals surface area contributed by atoms with Crippen LogP contribution in [0.4, 0.5) is 10.5 Å². The summed E-state index contributed by atoms with van der Waals surface area (Å²) in [7, 11) is 0. The van der Waals surface area contributed by atoms with Gasteiger partial charge in [0.1, 0.15) is 6.10 Å². The molecule has 0 bridgehead atoms. The van der Waals surface area contributed by atoms with Crippen LogP contribution in [0.5, 0.6) is 0 Å². The van der Waals surface area contributed by atoms with Crippen LogP contribution in [0, 0.1) is 0 Å². The van der Waals surface area contributed by atoms with E-state index >= 15 is 0 Å². The average molecular weight is 332 g/mol. The third-order valence-corrected chi connectivity index (χ3v) is 4.97. The van der Waals surface area contributed by atoms with Gasteiger partial charge in [-0.2, -0.15) is 0 Å². The molecule has 1 aliphatic carbocycles. The molecule has 5 heteroatoms. The lowest BCUT2D eigenvalue weighted by molar-refractivity contribution is 0.0428. The monoisotopic (exact) mass is 332 g/mol. The number of anilines is 1. The zero-order valence-corrected chi connectivity index (χ0v) is 14.4. The normalized spacial score (nSPS) is 24.7. The molecule has 0 aromatic heterocycles. The molecule has 2 atom stereocenters. The molecule has 1 aromatic rings. The Kier molecular flexibility index (Phi) is 6.10. The van der Waals surface area contributed by atoms with E-state index in [-0.39, 0.29) is 18.2 Å². The van der Waals surface area contributed by atoms with Gasteiger partial charge in [-0.05, 0) is 43.4 Å². The number of urea groups is 1. The molecule has 24 heavy (non-hydrogen) atoms. The van der Waals surface area contributed by atoms with Gasteiger partial charge in [-0.1, -0.05) is 31.4 Å². The molecular weight excluding hydrogens is 304 g/mol. The Labute approximate surface area is 144 Å². The fraction of sp³-hybridized carbons (Fsp3) is 0.632. The largest absolute Gasteiger partial charge is 0.376 e. The maximum Gasteiger partial charge on any atom is 0.319 e. The quantitative estimate of drug-likeness (QED) is 0.865. The molecule has 2 amide bonds. The van der Waals surface area contributed by atoms with E-state index in [1.54, 1.807) is 0 Å². The molecule has 132 valence electrons. The number of hydrogen-bond donors (Lipinski definition) is 2. The van der Waals surface area contributed by atoms with Gasteiger partial charge < -0.3 is 20.1 Å². The molecule has 2 fully saturated rings. The smallest absolute Gasteiger partial charge is 0.319 e. The number of amides is 2. The van der Waals surface area contributed by atoms with E-state index in [9.17, 15) is 4.79 Å². The van der Waals surface area contributed by atoms with Crippen LogP contribution in [0.3, 0.4) is 0 Å². The molecule has 2 N–H and O–H groups in total. The molecule has 1 saturated heterocycles. The predicted molar refractivity (Wildman–Crippen MR) is 94.4 cm³/mol. The SMILES string of the molecule is CCOC1COCC1NC(=O)Nc1ccc(C2CCCCC2)cc1. The summed E-state index contributed by atoms with van der Waals surface area (Å²) in [5.74, 6) is 0.684. The summed E-state index contributed by atoms with van der Waals surface area (Å²) >= 11 is 0. The molecule has 1 aliphatic heterocycles. The van der Waals surface area contributed by atoms with E-state index in [0.717, 1.165) is 5.69 Å². The van der Waals surface area contributed by atoms with Gasteiger partial charge in [-0.25, -0.2) is 4.79 Å². The van der Waals surface area contributed by atoms with Crippen molar-refractivity contribution in [2.45, 2.75) is 57.1 Å². The minimum Gasteiger partial charge on any atom is -0.376 e. The van der Waals surface area contributed by atoms with Crippen LogP contribution in [0.1, 0.15) is 50.5 Å². The van der Waals surface area contributed by atoms with E-state index < -0.39 is 0 Å². The minimum atomic E-state index is -0.208. The van der Waals surface area contributed by atoms with E-state index in [0.29, 0.717) is 25.7 Å². The highest BCUT2D eigenvalue weighted by Gasteiger charge is 2.30. The molecule has 0 radical (unpaired) electrons. The number of rotatable bonds is 5. The fourth-order valence-corrected chi connectivity index (χ4v) is 3.66. The highest BCUT2D eigenvalue weighted by atomic mass is 16.5. The van der Waals surface area contributed by atoms with Crippen LogP contribution >= 0.6 is 0 Å². The van der Waals surface area contributed by atoms with Crippen molar-refractivity contribution < 1.29 is 14.3 Å². The van der Waals surface area contributed by atoms with Crippen LogP contribution in [0.25, 0.3) is 0 Å². The summed E-state index contributed by atoms with van der Waals surface area (Å²) in [5, 5.41) is 5.84. The molecule has 1 saturated carbocycles. The molecule has 1 aromatic carbocycles. The minimum absolute atomic E-state index is 0.0607. The van der Waals surface area contributed by atoms with Gasteiger partial charge in [0.05, 0.1) is 19.3 Å². The van der Waals surface area contributed by atoms with Gasteiger partial charge in [0.2, 0.25) is 0 Å². The summed E-state index contributed by atoms with van der Waals surface area (Å²) in [6, 6.07) is 7.98. The number of nitrogens with one attached hydrogen (secondary N) is 2. The van der Waals surface area contributed by atoms with Crippen LogP contribution in [0.15, 0.2) is 24.3 Å². The van der Waals surface area contributed by atoms with Crippen molar-refractivity contribution in [3.8, 4) is 0 Å². The Bertz CT molecular complexity index is 526. The summed E-state index contributed by atoms with van der Waals surface area (Å²) in [5.41, 5.74) is 2.21. The van der Waals surface area contributed by atoms with Crippen LogP contribution in [-0.2, 0) is 9.47 Å². The van der Waals surface area contributed by atoms with Crippen molar-refractivity contribution in [1.82, 2.24) is 5.32 Å². The third-order valence-electron chi connectivity index (χ3n) is 4.97. The Morgan fingerprint density at radius 1 is 1.17 bits per heavy atom. The van der Waals surface area contributed by atoms with E-state index in [1.807, 2.05) is 19.1 Å². The summed E-state index contributed by atoms with van der Waals surface area (Å²) in [4.78, 5) is 12.2. The summed E-state index contributed by atoms with van der Waals surface area (Å²) < 4.78 is 11.0. The number of ether oxygens (including phenoxy) is 2. The summed E-state index contributed by atoms with van der Waals surface area (Å²) in [6.07, 6.45) is 6.54. The van der Waals surface area contributed by atoms with Gasteiger partial charge in [0, 0.05) is 12.3 Å². The third kappa shape index (κ3) is 4.48. The van der Waals surface area contributed by atoms with Crippen molar-refractivity contribution in [1.29, 1.82) is 0 Å². The first-order chi connectivity index (χ1) is 11.8. The summed E-state index contributed by atoms with van der Waals surface area (Å²) in [6.45, 7) is 3.60. The van der Waals surface area contributed by atoms with Crippen molar-refractivity contribution in [3.63, 3.8) is 0 Å². The molecule has 3 rings (SSSR count). The van der Waals surface area contributed by atoms with E-state index in [2.05, 4.69) is 22.8 Å². The molecule has 2 unspecified atom stereocenters. The molecule has 0 spiro atoms. The predicted octanol–water partition coefficient (Wildman–Crippen LogP) is 3.66. The first kappa shape index (κ1) is 17.2. The Morgan fingerprint density at radius 2 is 1.92 bits per heavy atom. The van der Waals surface area contributed by atoms with Crippen molar-refractivity contribution in [3.05, 3.63) is 29.8 Å². The molecule has 5 nitrogen and oxygen atoms in total. The van der Waals surface area contributed by atoms with Gasteiger partial charge in [-0.15, -0.1) is 0 Å². The van der Waals surface area contributed by atoms with Gasteiger partial charge in [0.15, 0.2) is 0 Å². The standard InChI is InChI=1S/C19H28N2O3/c1-2-24-18-13-23-12-17(18)21-19(22)20-16-10-8-15(9-11-16)14-6-4-3-5-7-14/h8-11,14,17-18H,2-7,12-13H2,1H3,(H2,20,21,22). The van der Waals surface area contributed by atoms with E-state index in [1.165, 1.54) is 37.7 Å². The maximum atomic E-state index is 12.2. The lowest BCUT2D eigenvalue weighted by Crippen LogP contribution is -2.45. The van der Waals surface area contributed by atoms with Crippen molar-refractivity contribution in [2.24, 2.45) is 0 Å². The average Bonchev–Trinajstić information content (AvgIpc) is 3.03. The lowest BCUT2D eigenvalue weighted by atomic mass is 9.84. The van der Waals surface area contributed by atoms with Gasteiger partial charge >= 0.3 is 6.03 Å². The second-order valence-corrected chi connectivity index (χ2v) is 6.69. The number of carbonyl (C=O) groups is 1. The van der Waals surface area contributed by atoms with Crippen molar-refractivity contribution in [2.75, 3.05) is 25.1 Å². The number of benzene rings is 1. The fourth-order valence-electron chi connectivity index (χ4n) is 3.66. The lowest BCUT2D eigenvalue weighted by Gasteiger charge is -2.22. The number of hydrogen-bond acceptors (Lipinski definition) is 3. The Morgan fingerprint density at radius 3 is 2.62 bits per heavy atom. The number of carbonyl (C=O) groups excluding carboxylic acids is 1. The topological polar surface area (TPSA) is 59.6 Å². The van der Waals surface area contributed by atoms with Gasteiger partial charge in [-0.3, -0.25) is 0 Å². The van der Waals surface area contributed by atoms with Crippen LogP contribution in [-0.4, -0.2) is 38.0 Å². The highest BCUT2D eigenvalue weighted by Crippen LogP contribution is 2.32. The van der Waals surface area contributed by atoms with Crippen molar-refractivity contribution >= 4 is 11.7 Å². The second-order valence-electron chi connectivity index (χ2n) is 6.69. The van der Waals surface area contributed by atoms with Crippen LogP contribution < -0.4 is 10.6 Å². The highest BCUT2D eigenvalue weighted by molar-refractivity contribution is 5.89. The van der Waals surface area contributed by atoms with Crippen LogP contribution in [0.2, 0.25) is 0 Å². The van der Waals surface area contributed by atoms with Gasteiger partial charge in [0.25, 0.3) is 0 Å². The maximum absolute atomic E-state index is 12.2. The second kappa shape index (κ2) is 8.49. The molecule has 1 heterocycles. The van der Waals surface area contributed by atoms with E-state index in [4.69, 9.17) is 9.47 Å². The Hall–Kier alpha value is -1.59. The zero-order valence-electron chi connectivity index (χ0n) is 14.4. The molecule has 2 aliphatic rings. The zero-order chi connectivity index (χ0) is 16.8.